The van der Waals surface area contributed by atoms with Crippen LogP contribution in [0.5, 0.6) is 17.2 Å². The monoisotopic (exact) mass is 324 g/mol. The summed E-state index contributed by atoms with van der Waals surface area (Å²) in [5.41, 5.74) is 0. The van der Waals surface area contributed by atoms with Crippen molar-refractivity contribution >= 4 is 23.4 Å². The molecule has 1 aromatic heterocycles. The van der Waals surface area contributed by atoms with Gasteiger partial charge in [0.15, 0.2) is 22.4 Å². The Bertz CT molecular complexity index is 654. The molecule has 0 saturated heterocycles. The molecule has 0 aliphatic carbocycles. The van der Waals surface area contributed by atoms with Gasteiger partial charge < -0.3 is 14.2 Å². The largest absolute Gasteiger partial charge is 0.491 e. The van der Waals surface area contributed by atoms with Crippen molar-refractivity contribution in [2.24, 2.45) is 0 Å². The molecule has 0 amide bonds. The van der Waals surface area contributed by atoms with E-state index in [9.17, 15) is 0 Å². The Hall–Kier alpha value is -1.66. The Morgan fingerprint density at radius 2 is 2.00 bits per heavy atom. The fourth-order valence-corrected chi connectivity index (χ4v) is 3.06. The number of methoxy groups -OCH3 is 1. The number of fused-ring (bicyclic) bond motifs is 1. The minimum Gasteiger partial charge on any atom is -0.491 e. The van der Waals surface area contributed by atoms with Crippen LogP contribution in [0.4, 0.5) is 0 Å². The van der Waals surface area contributed by atoms with Crippen molar-refractivity contribution in [3.8, 4) is 17.2 Å². The maximum absolute atomic E-state index is 6.00. The number of aromatic nitrogens is 2. The van der Waals surface area contributed by atoms with E-state index in [1.807, 2.05) is 18.2 Å². The Morgan fingerprint density at radius 1 is 1.19 bits per heavy atom. The second-order valence-electron chi connectivity index (χ2n) is 4.26. The fraction of sp³-hybridized carbons (Fsp3) is 0.286. The van der Waals surface area contributed by atoms with Crippen LogP contribution in [0.2, 0.25) is 5.15 Å². The third-order valence-electron chi connectivity index (χ3n) is 2.87. The van der Waals surface area contributed by atoms with Gasteiger partial charge in [-0.15, -0.1) is 0 Å². The van der Waals surface area contributed by atoms with E-state index in [1.165, 1.54) is 18.1 Å². The predicted octanol–water partition coefficient (Wildman–Crippen LogP) is 3.45. The second kappa shape index (κ2) is 6.41. The van der Waals surface area contributed by atoms with Crippen LogP contribution in [-0.2, 0) is 0 Å². The van der Waals surface area contributed by atoms with Gasteiger partial charge in [0.25, 0.3) is 0 Å². The van der Waals surface area contributed by atoms with Crippen molar-refractivity contribution in [1.82, 2.24) is 9.97 Å². The third kappa shape index (κ3) is 3.16. The summed E-state index contributed by atoms with van der Waals surface area (Å²) in [6, 6.07) is 5.78. The van der Waals surface area contributed by atoms with Gasteiger partial charge in [-0.3, -0.25) is 0 Å². The third-order valence-corrected chi connectivity index (χ3v) is 4.11. The highest BCUT2D eigenvalue weighted by molar-refractivity contribution is 7.99. The summed E-state index contributed by atoms with van der Waals surface area (Å²) in [5.74, 6) is 1.98. The molecule has 1 aromatic carbocycles. The minimum absolute atomic E-state index is 0.296. The molecular weight excluding hydrogens is 312 g/mol. The molecule has 0 spiro atoms. The topological polar surface area (TPSA) is 53.5 Å². The second-order valence-corrected chi connectivity index (χ2v) is 5.68. The average molecular weight is 325 g/mol. The van der Waals surface area contributed by atoms with Gasteiger partial charge in [-0.2, -0.15) is 0 Å². The van der Waals surface area contributed by atoms with E-state index in [0.717, 1.165) is 22.8 Å². The van der Waals surface area contributed by atoms with Gasteiger partial charge >= 0.3 is 0 Å². The van der Waals surface area contributed by atoms with Gasteiger partial charge in [0.1, 0.15) is 11.4 Å². The summed E-state index contributed by atoms with van der Waals surface area (Å²) in [6.45, 7) is 1.33. The first kappa shape index (κ1) is 14.3. The molecule has 0 saturated carbocycles. The Balaban J connectivity index is 1.89. The molecule has 2 heterocycles. The molecule has 0 bridgehead atoms. The highest BCUT2D eigenvalue weighted by Crippen LogP contribution is 2.40. The molecule has 21 heavy (non-hydrogen) atoms. The molecule has 110 valence electrons. The molecule has 2 aromatic rings. The normalized spacial score (nSPS) is 13.6. The molecule has 0 N–H and O–H groups in total. The van der Waals surface area contributed by atoms with Crippen molar-refractivity contribution in [2.75, 3.05) is 20.3 Å². The summed E-state index contributed by atoms with van der Waals surface area (Å²) < 4.78 is 16.5. The van der Waals surface area contributed by atoms with Crippen LogP contribution in [0.3, 0.4) is 0 Å². The maximum Gasteiger partial charge on any atom is 0.188 e. The van der Waals surface area contributed by atoms with Crippen LogP contribution >= 0.6 is 23.4 Å². The first-order valence-electron chi connectivity index (χ1n) is 6.40. The van der Waals surface area contributed by atoms with Gasteiger partial charge in [-0.05, 0) is 18.2 Å². The van der Waals surface area contributed by atoms with Gasteiger partial charge in [-0.1, -0.05) is 23.4 Å². The quantitative estimate of drug-likeness (QED) is 0.806. The van der Waals surface area contributed by atoms with Crippen LogP contribution in [0.1, 0.15) is 6.42 Å². The van der Waals surface area contributed by atoms with Crippen molar-refractivity contribution in [3.05, 3.63) is 29.7 Å². The number of nitrogens with zero attached hydrogens (tertiary/aromatic N) is 2. The van der Waals surface area contributed by atoms with E-state index in [0.29, 0.717) is 29.1 Å². The fourth-order valence-electron chi connectivity index (χ4n) is 1.90. The zero-order valence-electron chi connectivity index (χ0n) is 11.3. The Labute approximate surface area is 131 Å². The van der Waals surface area contributed by atoms with Crippen LogP contribution < -0.4 is 14.2 Å². The zero-order valence-corrected chi connectivity index (χ0v) is 12.9. The first-order chi connectivity index (χ1) is 10.3. The van der Waals surface area contributed by atoms with Crippen molar-refractivity contribution < 1.29 is 14.2 Å². The number of hydrogen-bond acceptors (Lipinski definition) is 6. The number of benzene rings is 1. The van der Waals surface area contributed by atoms with Crippen LogP contribution in [0.25, 0.3) is 0 Å². The minimum atomic E-state index is 0.296. The van der Waals surface area contributed by atoms with Crippen molar-refractivity contribution in [3.63, 3.8) is 0 Å². The summed E-state index contributed by atoms with van der Waals surface area (Å²) in [6.07, 6.45) is 2.29. The lowest BCUT2D eigenvalue weighted by Crippen LogP contribution is -1.97. The number of hydrogen-bond donors (Lipinski definition) is 0. The van der Waals surface area contributed by atoms with Gasteiger partial charge in [-0.25, -0.2) is 9.97 Å². The lowest BCUT2D eigenvalue weighted by molar-refractivity contribution is 0.297. The molecule has 1 aliphatic rings. The summed E-state index contributed by atoms with van der Waals surface area (Å²) >= 11 is 7.44. The molecule has 0 atom stereocenters. The number of rotatable bonds is 3. The molecule has 0 unspecified atom stereocenters. The standard InChI is InChI=1S/C14H13ClN2O3S/c1-18-12-13(15)16-8-17-14(12)21-9-3-4-10-11(7-9)20-6-2-5-19-10/h3-4,7-8H,2,5-6H2,1H3. The van der Waals surface area contributed by atoms with Crippen molar-refractivity contribution in [2.45, 2.75) is 16.3 Å². The molecule has 7 heteroatoms. The highest BCUT2D eigenvalue weighted by atomic mass is 35.5. The molecular formula is C14H13ClN2O3S. The zero-order chi connectivity index (χ0) is 14.7. The Morgan fingerprint density at radius 3 is 2.81 bits per heavy atom. The summed E-state index contributed by atoms with van der Waals surface area (Å²) in [4.78, 5) is 9.08. The van der Waals surface area contributed by atoms with E-state index in [-0.39, 0.29) is 0 Å². The average Bonchev–Trinajstić information content (AvgIpc) is 2.72. The SMILES string of the molecule is COc1c(Cl)ncnc1Sc1ccc2c(c1)OCCCO2. The predicted molar refractivity (Wildman–Crippen MR) is 79.8 cm³/mol. The molecule has 3 rings (SSSR count). The van der Waals surface area contributed by atoms with Gasteiger partial charge in [0.05, 0.1) is 20.3 Å². The van der Waals surface area contributed by atoms with E-state index in [4.69, 9.17) is 25.8 Å². The summed E-state index contributed by atoms with van der Waals surface area (Å²) in [7, 11) is 1.54. The van der Waals surface area contributed by atoms with Gasteiger partial charge in [0.2, 0.25) is 0 Å². The first-order valence-corrected chi connectivity index (χ1v) is 7.59. The van der Waals surface area contributed by atoms with Gasteiger partial charge in [0, 0.05) is 11.3 Å². The Kier molecular flexibility index (Phi) is 4.36. The van der Waals surface area contributed by atoms with Crippen LogP contribution in [0.15, 0.2) is 34.4 Å². The van der Waals surface area contributed by atoms with E-state index in [2.05, 4.69) is 9.97 Å². The van der Waals surface area contributed by atoms with E-state index in [1.54, 1.807) is 7.11 Å². The van der Waals surface area contributed by atoms with E-state index >= 15 is 0 Å². The molecule has 0 radical (unpaired) electrons. The van der Waals surface area contributed by atoms with Crippen molar-refractivity contribution in [1.29, 1.82) is 0 Å². The smallest absolute Gasteiger partial charge is 0.188 e. The lowest BCUT2D eigenvalue weighted by atomic mass is 10.3. The molecule has 5 nitrogen and oxygen atoms in total. The molecule has 1 aliphatic heterocycles. The van der Waals surface area contributed by atoms with Crippen LogP contribution in [0, 0.1) is 0 Å². The number of ether oxygens (including phenoxy) is 3. The van der Waals surface area contributed by atoms with Crippen LogP contribution in [-0.4, -0.2) is 30.3 Å². The summed E-state index contributed by atoms with van der Waals surface area (Å²) in [5, 5.41) is 0.955. The van der Waals surface area contributed by atoms with E-state index < -0.39 is 0 Å². The lowest BCUT2D eigenvalue weighted by Gasteiger charge is -2.10. The highest BCUT2D eigenvalue weighted by Gasteiger charge is 2.15. The molecule has 0 fully saturated rings. The maximum atomic E-state index is 6.00. The number of halogens is 1.